The number of halogens is 4. The minimum absolute atomic E-state index is 0.331. The molecule has 2 aromatic carbocycles. The van der Waals surface area contributed by atoms with Gasteiger partial charge < -0.3 is 0 Å². The van der Waals surface area contributed by atoms with E-state index in [1.165, 1.54) is 18.2 Å². The molecule has 0 saturated heterocycles. The summed E-state index contributed by atoms with van der Waals surface area (Å²) in [7, 11) is 0. The van der Waals surface area contributed by atoms with Crippen molar-refractivity contribution in [3.63, 3.8) is 0 Å². The van der Waals surface area contributed by atoms with Crippen LogP contribution in [0.15, 0.2) is 40.1 Å². The van der Waals surface area contributed by atoms with Gasteiger partial charge in [-0.15, -0.1) is 0 Å². The van der Waals surface area contributed by atoms with Crippen molar-refractivity contribution in [2.24, 2.45) is 0 Å². The SMILES string of the molecule is CC1(C)c2ccc(F)cc2Sc2cc([N+](=O)[O-])c(C(F)(F)F)cc21. The molecule has 1 aliphatic heterocycles. The number of rotatable bonds is 1. The Bertz CT molecular complexity index is 862. The van der Waals surface area contributed by atoms with Crippen LogP contribution in [0.25, 0.3) is 0 Å². The maximum Gasteiger partial charge on any atom is 0.423 e. The molecule has 0 spiro atoms. The molecular formula is C16H11F4NO2S. The Labute approximate surface area is 138 Å². The molecule has 24 heavy (non-hydrogen) atoms. The standard InChI is InChI=1S/C16H11F4NO2S/c1-15(2)9-4-3-8(17)5-13(9)24-14-7-12(21(22)23)10(6-11(14)15)16(18,19)20/h3-7H,1-2H3. The summed E-state index contributed by atoms with van der Waals surface area (Å²) in [5.74, 6) is -0.470. The van der Waals surface area contributed by atoms with E-state index in [2.05, 4.69) is 0 Å². The summed E-state index contributed by atoms with van der Waals surface area (Å²) in [5.41, 5.74) is -2.08. The maximum absolute atomic E-state index is 13.5. The molecule has 8 heteroatoms. The highest BCUT2D eigenvalue weighted by atomic mass is 32.2. The summed E-state index contributed by atoms with van der Waals surface area (Å²) in [6, 6.07) is 5.84. The maximum atomic E-state index is 13.5. The van der Waals surface area contributed by atoms with Crippen LogP contribution in [-0.2, 0) is 11.6 Å². The molecule has 0 bridgehead atoms. The van der Waals surface area contributed by atoms with Gasteiger partial charge in [0.05, 0.1) is 4.92 Å². The second kappa shape index (κ2) is 5.20. The molecule has 1 aliphatic rings. The second-order valence-corrected chi connectivity index (χ2v) is 7.07. The summed E-state index contributed by atoms with van der Waals surface area (Å²) in [5, 5.41) is 11.1. The van der Waals surface area contributed by atoms with Crippen molar-refractivity contribution in [1.29, 1.82) is 0 Å². The van der Waals surface area contributed by atoms with Gasteiger partial charge in [0.25, 0.3) is 5.69 Å². The zero-order valence-electron chi connectivity index (χ0n) is 12.6. The van der Waals surface area contributed by atoms with Gasteiger partial charge in [0.15, 0.2) is 0 Å². The number of hydrogen-bond acceptors (Lipinski definition) is 3. The minimum Gasteiger partial charge on any atom is -0.258 e. The molecule has 3 rings (SSSR count). The lowest BCUT2D eigenvalue weighted by atomic mass is 9.77. The van der Waals surface area contributed by atoms with Gasteiger partial charge in [0.1, 0.15) is 11.4 Å². The van der Waals surface area contributed by atoms with Crippen LogP contribution in [0.5, 0.6) is 0 Å². The molecule has 0 unspecified atom stereocenters. The van der Waals surface area contributed by atoms with E-state index < -0.39 is 33.6 Å². The van der Waals surface area contributed by atoms with E-state index in [0.29, 0.717) is 20.9 Å². The topological polar surface area (TPSA) is 43.1 Å². The Kier molecular flexibility index (Phi) is 3.63. The smallest absolute Gasteiger partial charge is 0.258 e. The monoisotopic (exact) mass is 357 g/mol. The van der Waals surface area contributed by atoms with Crippen LogP contribution in [0.3, 0.4) is 0 Å². The minimum atomic E-state index is -4.83. The van der Waals surface area contributed by atoms with Crippen LogP contribution in [0.4, 0.5) is 23.2 Å². The van der Waals surface area contributed by atoms with E-state index in [1.54, 1.807) is 13.8 Å². The van der Waals surface area contributed by atoms with Crippen molar-refractivity contribution in [2.45, 2.75) is 35.2 Å². The zero-order chi connectivity index (χ0) is 17.9. The van der Waals surface area contributed by atoms with Gasteiger partial charge in [-0.05, 0) is 29.3 Å². The van der Waals surface area contributed by atoms with Crippen LogP contribution in [0.2, 0.25) is 0 Å². The van der Waals surface area contributed by atoms with Crippen LogP contribution in [0.1, 0.15) is 30.5 Å². The van der Waals surface area contributed by atoms with Crippen molar-refractivity contribution >= 4 is 17.4 Å². The first kappa shape index (κ1) is 16.8. The van der Waals surface area contributed by atoms with Crippen molar-refractivity contribution in [3.8, 4) is 0 Å². The van der Waals surface area contributed by atoms with Crippen molar-refractivity contribution < 1.29 is 22.5 Å². The van der Waals surface area contributed by atoms with Crippen LogP contribution in [-0.4, -0.2) is 4.92 Å². The fraction of sp³-hybridized carbons (Fsp3) is 0.250. The number of nitro benzene ring substituents is 1. The summed E-state index contributed by atoms with van der Waals surface area (Å²) < 4.78 is 53.1. The molecule has 1 heterocycles. The highest BCUT2D eigenvalue weighted by Gasteiger charge is 2.42. The molecule has 0 N–H and O–H groups in total. The van der Waals surface area contributed by atoms with Crippen molar-refractivity contribution in [3.05, 3.63) is 63.0 Å². The average molecular weight is 357 g/mol. The summed E-state index contributed by atoms with van der Waals surface area (Å²) in [6.07, 6.45) is -4.83. The molecule has 0 fully saturated rings. The number of nitrogens with zero attached hydrogens (tertiary/aromatic N) is 1. The van der Waals surface area contributed by atoms with E-state index in [9.17, 15) is 27.7 Å². The number of benzene rings is 2. The average Bonchev–Trinajstić information content (AvgIpc) is 2.44. The van der Waals surface area contributed by atoms with E-state index in [4.69, 9.17) is 0 Å². The van der Waals surface area contributed by atoms with Gasteiger partial charge in [-0.1, -0.05) is 31.7 Å². The van der Waals surface area contributed by atoms with E-state index >= 15 is 0 Å². The first-order valence-corrected chi connectivity index (χ1v) is 7.71. The summed E-state index contributed by atoms with van der Waals surface area (Å²) >= 11 is 1.04. The van der Waals surface area contributed by atoms with E-state index in [-0.39, 0.29) is 0 Å². The lowest BCUT2D eigenvalue weighted by molar-refractivity contribution is -0.388. The highest BCUT2D eigenvalue weighted by Crippen LogP contribution is 2.52. The molecular weight excluding hydrogens is 346 g/mol. The first-order valence-electron chi connectivity index (χ1n) is 6.90. The van der Waals surface area contributed by atoms with E-state index in [0.717, 1.165) is 23.9 Å². The van der Waals surface area contributed by atoms with Gasteiger partial charge in [0.2, 0.25) is 0 Å². The fourth-order valence-electron chi connectivity index (χ4n) is 2.88. The summed E-state index contributed by atoms with van der Waals surface area (Å²) in [4.78, 5) is 10.9. The molecule has 0 saturated carbocycles. The normalized spacial score (nSPS) is 15.6. The quantitative estimate of drug-likeness (QED) is 0.382. The third kappa shape index (κ3) is 2.54. The second-order valence-electron chi connectivity index (χ2n) is 5.99. The van der Waals surface area contributed by atoms with Gasteiger partial charge in [-0.25, -0.2) is 4.39 Å². The third-order valence-electron chi connectivity index (χ3n) is 4.11. The Hall–Kier alpha value is -2.09. The number of fused-ring (bicyclic) bond motifs is 2. The van der Waals surface area contributed by atoms with Crippen molar-refractivity contribution in [1.82, 2.24) is 0 Å². The predicted molar refractivity (Wildman–Crippen MR) is 80.7 cm³/mol. The Balaban J connectivity index is 2.29. The molecule has 126 valence electrons. The summed E-state index contributed by atoms with van der Waals surface area (Å²) in [6.45, 7) is 3.43. The number of hydrogen-bond donors (Lipinski definition) is 0. The lowest BCUT2D eigenvalue weighted by Gasteiger charge is -2.34. The molecule has 2 aromatic rings. The Morgan fingerprint density at radius 2 is 1.71 bits per heavy atom. The van der Waals surface area contributed by atoms with E-state index in [1.807, 2.05) is 0 Å². The van der Waals surface area contributed by atoms with Crippen LogP contribution in [0, 0.1) is 15.9 Å². The van der Waals surface area contributed by atoms with Crippen molar-refractivity contribution in [2.75, 3.05) is 0 Å². The highest BCUT2D eigenvalue weighted by molar-refractivity contribution is 7.99. The number of alkyl halides is 3. The molecule has 3 nitrogen and oxygen atoms in total. The number of nitro groups is 1. The van der Waals surface area contributed by atoms with Gasteiger partial charge in [0, 0.05) is 21.3 Å². The predicted octanol–water partition coefficient (Wildman–Crippen LogP) is 5.54. The van der Waals surface area contributed by atoms with Crippen LogP contribution >= 0.6 is 11.8 Å². The van der Waals surface area contributed by atoms with Gasteiger partial charge >= 0.3 is 6.18 Å². The third-order valence-corrected chi connectivity index (χ3v) is 5.23. The molecule has 0 aliphatic carbocycles. The molecule has 0 aromatic heterocycles. The molecule has 0 atom stereocenters. The molecule has 0 amide bonds. The van der Waals surface area contributed by atoms with Gasteiger partial charge in [-0.2, -0.15) is 13.2 Å². The lowest BCUT2D eigenvalue weighted by Crippen LogP contribution is -2.25. The van der Waals surface area contributed by atoms with Crippen LogP contribution < -0.4 is 0 Å². The Morgan fingerprint density at radius 1 is 1.08 bits per heavy atom. The van der Waals surface area contributed by atoms with Gasteiger partial charge in [-0.3, -0.25) is 10.1 Å². The first-order chi connectivity index (χ1) is 11.0. The fourth-order valence-corrected chi connectivity index (χ4v) is 4.32. The Morgan fingerprint density at radius 3 is 2.29 bits per heavy atom. The molecule has 0 radical (unpaired) electrons. The zero-order valence-corrected chi connectivity index (χ0v) is 13.4. The largest absolute Gasteiger partial charge is 0.423 e.